The molecule has 0 saturated carbocycles. The van der Waals surface area contributed by atoms with E-state index < -0.39 is 5.97 Å². The van der Waals surface area contributed by atoms with Crippen LogP contribution in [0.1, 0.15) is 21.9 Å². The Bertz CT molecular complexity index is 825. The van der Waals surface area contributed by atoms with E-state index in [1.165, 1.54) is 0 Å². The molecular weight excluding hydrogens is 340 g/mol. The molecule has 3 rings (SSSR count). The molecule has 3 aromatic rings. The van der Waals surface area contributed by atoms with Crippen molar-refractivity contribution in [3.8, 4) is 11.4 Å². The van der Waals surface area contributed by atoms with E-state index >= 15 is 0 Å². The Morgan fingerprint density at radius 2 is 2.13 bits per heavy atom. The average molecular weight is 351 g/mol. The largest absolute Gasteiger partial charge is 0.452 e. The van der Waals surface area contributed by atoms with Gasteiger partial charge in [0.05, 0.1) is 5.69 Å². The first kappa shape index (κ1) is 15.4. The lowest BCUT2D eigenvalue weighted by molar-refractivity contribution is 0.0430. The van der Waals surface area contributed by atoms with Crippen molar-refractivity contribution in [3.63, 3.8) is 0 Å². The molecule has 2 heterocycles. The van der Waals surface area contributed by atoms with Gasteiger partial charge in [-0.3, -0.25) is 0 Å². The van der Waals surface area contributed by atoms with Crippen LogP contribution in [-0.4, -0.2) is 20.5 Å². The first-order valence-electron chi connectivity index (χ1n) is 6.52. The Morgan fingerprint density at radius 3 is 2.78 bits per heavy atom. The van der Waals surface area contributed by atoms with E-state index in [-0.39, 0.29) is 18.1 Å². The minimum atomic E-state index is -0.569. The van der Waals surface area contributed by atoms with Crippen molar-refractivity contribution in [1.82, 2.24) is 14.5 Å². The second kappa shape index (κ2) is 6.35. The molecule has 7 nitrogen and oxygen atoms in total. The Balaban J connectivity index is 1.68. The van der Waals surface area contributed by atoms with Crippen LogP contribution in [0.4, 0.5) is 5.00 Å². The molecule has 9 heteroatoms. The number of nitrogens with two attached hydrogens (primary N) is 1. The van der Waals surface area contributed by atoms with Gasteiger partial charge in [0.1, 0.15) is 10.6 Å². The number of ether oxygens (including phenoxy) is 1. The maximum Gasteiger partial charge on any atom is 0.343 e. The number of carbonyl (C=O) groups is 1. The monoisotopic (exact) mass is 350 g/mol. The van der Waals surface area contributed by atoms with Crippen molar-refractivity contribution in [2.24, 2.45) is 0 Å². The molecule has 0 aliphatic rings. The summed E-state index contributed by atoms with van der Waals surface area (Å²) in [7, 11) is 0. The van der Waals surface area contributed by atoms with E-state index in [1.807, 2.05) is 0 Å². The highest BCUT2D eigenvalue weighted by molar-refractivity contribution is 7.10. The molecule has 118 valence electrons. The zero-order chi connectivity index (χ0) is 16.4. The number of aryl methyl sites for hydroxylation is 1. The number of carbonyl (C=O) groups excluding carboxylic acids is 1. The summed E-state index contributed by atoms with van der Waals surface area (Å²) >= 11 is 6.88. The van der Waals surface area contributed by atoms with Crippen LogP contribution >= 0.6 is 23.1 Å². The third-order valence-corrected chi connectivity index (χ3v) is 4.01. The number of rotatable bonds is 4. The predicted molar refractivity (Wildman–Crippen MR) is 85.1 cm³/mol. The molecule has 0 bridgehead atoms. The number of anilines is 1. The van der Waals surface area contributed by atoms with Gasteiger partial charge in [0.15, 0.2) is 6.61 Å². The van der Waals surface area contributed by atoms with Gasteiger partial charge >= 0.3 is 5.97 Å². The topological polar surface area (TPSA) is 104 Å². The third kappa shape index (κ3) is 3.33. The summed E-state index contributed by atoms with van der Waals surface area (Å²) in [6.45, 7) is 1.54. The van der Waals surface area contributed by atoms with Crippen molar-refractivity contribution >= 4 is 34.1 Å². The van der Waals surface area contributed by atoms with Crippen LogP contribution < -0.4 is 5.73 Å². The van der Waals surface area contributed by atoms with Gasteiger partial charge in [0.25, 0.3) is 5.89 Å². The van der Waals surface area contributed by atoms with Crippen LogP contribution in [0.25, 0.3) is 11.4 Å². The summed E-state index contributed by atoms with van der Waals surface area (Å²) in [5, 5.41) is 4.77. The van der Waals surface area contributed by atoms with Crippen LogP contribution in [0, 0.1) is 6.92 Å². The van der Waals surface area contributed by atoms with Crippen molar-refractivity contribution < 1.29 is 14.1 Å². The molecule has 23 heavy (non-hydrogen) atoms. The lowest BCUT2D eigenvalue weighted by Gasteiger charge is -2.01. The number of nitrogens with zero attached hydrogens (tertiary/aromatic N) is 3. The highest BCUT2D eigenvalue weighted by atomic mass is 35.5. The van der Waals surface area contributed by atoms with Gasteiger partial charge in [-0.15, -0.1) is 0 Å². The number of halogens is 1. The molecular formula is C14H11ClN4O3S. The van der Waals surface area contributed by atoms with E-state index in [9.17, 15) is 4.79 Å². The normalized spacial score (nSPS) is 10.7. The SMILES string of the molecule is Cc1nsc(N)c1C(=O)OCc1nc(-c2ccc(Cl)cc2)no1. The number of aromatic nitrogens is 3. The number of benzene rings is 1. The molecule has 1 aromatic carbocycles. The van der Waals surface area contributed by atoms with Crippen molar-refractivity contribution in [3.05, 3.63) is 46.4 Å². The van der Waals surface area contributed by atoms with Gasteiger partial charge < -0.3 is 15.0 Å². The summed E-state index contributed by atoms with van der Waals surface area (Å²) in [6.07, 6.45) is 0. The first-order chi connectivity index (χ1) is 11.0. The summed E-state index contributed by atoms with van der Waals surface area (Å²) < 4.78 is 14.2. The zero-order valence-corrected chi connectivity index (χ0v) is 13.5. The van der Waals surface area contributed by atoms with Crippen LogP contribution in [0.2, 0.25) is 5.02 Å². The molecule has 0 spiro atoms. The molecule has 0 atom stereocenters. The molecule has 0 saturated heterocycles. The van der Waals surface area contributed by atoms with Gasteiger partial charge in [0, 0.05) is 10.6 Å². The average Bonchev–Trinajstić information content (AvgIpc) is 3.13. The van der Waals surface area contributed by atoms with Gasteiger partial charge in [-0.1, -0.05) is 16.8 Å². The Labute approximate surface area is 140 Å². The number of hydrogen-bond donors (Lipinski definition) is 1. The Morgan fingerprint density at radius 1 is 1.39 bits per heavy atom. The fraction of sp³-hybridized carbons (Fsp3) is 0.143. The number of nitrogen functional groups attached to an aromatic ring is 1. The summed E-state index contributed by atoms with van der Waals surface area (Å²) in [5.74, 6) is 0.00307. The second-order valence-electron chi connectivity index (χ2n) is 4.60. The van der Waals surface area contributed by atoms with Gasteiger partial charge in [0.2, 0.25) is 5.82 Å². The maximum absolute atomic E-state index is 12.0. The third-order valence-electron chi connectivity index (χ3n) is 2.99. The van der Waals surface area contributed by atoms with E-state index in [2.05, 4.69) is 14.5 Å². The van der Waals surface area contributed by atoms with E-state index in [0.717, 1.165) is 17.1 Å². The van der Waals surface area contributed by atoms with Crippen molar-refractivity contribution in [1.29, 1.82) is 0 Å². The quantitative estimate of drug-likeness (QED) is 0.721. The number of esters is 1. The molecule has 2 aromatic heterocycles. The zero-order valence-electron chi connectivity index (χ0n) is 11.9. The predicted octanol–water partition coefficient (Wildman–Crippen LogP) is 3.09. The second-order valence-corrected chi connectivity index (χ2v) is 5.84. The summed E-state index contributed by atoms with van der Waals surface area (Å²) in [4.78, 5) is 16.2. The minimum absolute atomic E-state index is 0.145. The fourth-order valence-electron chi connectivity index (χ4n) is 1.86. The van der Waals surface area contributed by atoms with E-state index in [1.54, 1.807) is 31.2 Å². The Hall–Kier alpha value is -2.45. The van der Waals surface area contributed by atoms with E-state index in [0.29, 0.717) is 21.5 Å². The summed E-state index contributed by atoms with van der Waals surface area (Å²) in [5.41, 5.74) is 7.25. The lowest BCUT2D eigenvalue weighted by Crippen LogP contribution is -2.08. The van der Waals surface area contributed by atoms with Crippen LogP contribution in [0.5, 0.6) is 0 Å². The lowest BCUT2D eigenvalue weighted by atomic mass is 10.2. The molecule has 0 radical (unpaired) electrons. The minimum Gasteiger partial charge on any atom is -0.452 e. The van der Waals surface area contributed by atoms with Crippen LogP contribution in [-0.2, 0) is 11.3 Å². The highest BCUT2D eigenvalue weighted by Crippen LogP contribution is 2.22. The smallest absolute Gasteiger partial charge is 0.343 e. The summed E-state index contributed by atoms with van der Waals surface area (Å²) in [6, 6.07) is 6.98. The molecule has 0 amide bonds. The van der Waals surface area contributed by atoms with Gasteiger partial charge in [-0.2, -0.15) is 9.36 Å². The van der Waals surface area contributed by atoms with Gasteiger partial charge in [-0.25, -0.2) is 4.79 Å². The van der Waals surface area contributed by atoms with Crippen molar-refractivity contribution in [2.75, 3.05) is 5.73 Å². The van der Waals surface area contributed by atoms with Crippen LogP contribution in [0.15, 0.2) is 28.8 Å². The van der Waals surface area contributed by atoms with Crippen LogP contribution in [0.3, 0.4) is 0 Å². The van der Waals surface area contributed by atoms with Crippen molar-refractivity contribution in [2.45, 2.75) is 13.5 Å². The standard InChI is InChI=1S/C14H11ClN4O3S/c1-7-11(12(16)23-19-7)14(20)21-6-10-17-13(18-22-10)8-2-4-9(15)5-3-8/h2-5H,6,16H2,1H3. The molecule has 2 N–H and O–H groups in total. The Kier molecular flexibility index (Phi) is 4.26. The molecule has 0 fully saturated rings. The number of hydrogen-bond acceptors (Lipinski definition) is 8. The fourth-order valence-corrected chi connectivity index (χ4v) is 2.64. The van der Waals surface area contributed by atoms with Gasteiger partial charge in [-0.05, 0) is 42.7 Å². The molecule has 0 unspecified atom stereocenters. The maximum atomic E-state index is 12.0. The first-order valence-corrected chi connectivity index (χ1v) is 7.67. The van der Waals surface area contributed by atoms with E-state index in [4.69, 9.17) is 26.6 Å². The highest BCUT2D eigenvalue weighted by Gasteiger charge is 2.19. The molecule has 0 aliphatic carbocycles. The molecule has 0 aliphatic heterocycles.